The van der Waals surface area contributed by atoms with Crippen LogP contribution in [0.3, 0.4) is 0 Å². The van der Waals surface area contributed by atoms with Gasteiger partial charge in [-0.2, -0.15) is 0 Å². The van der Waals surface area contributed by atoms with Gasteiger partial charge in [0.15, 0.2) is 0 Å². The first-order valence-corrected chi connectivity index (χ1v) is 6.85. The molecule has 1 aromatic heterocycles. The van der Waals surface area contributed by atoms with E-state index >= 15 is 0 Å². The molecular weight excluding hydrogens is 234 g/mol. The highest BCUT2D eigenvalue weighted by Gasteiger charge is 2.22. The molecule has 1 aromatic carbocycles. The lowest BCUT2D eigenvalue weighted by Gasteiger charge is -2.22. The minimum absolute atomic E-state index is 0.353. The smallest absolute Gasteiger partial charge is 0.0847 e. The van der Waals surface area contributed by atoms with E-state index in [0.717, 1.165) is 22.2 Å². The topological polar surface area (TPSA) is 33.1 Å². The Morgan fingerprint density at radius 3 is 2.26 bits per heavy atom. The van der Waals surface area contributed by atoms with Crippen molar-refractivity contribution in [2.24, 2.45) is 0 Å². The molecule has 0 radical (unpaired) electrons. The molecule has 1 N–H and O–H groups in total. The third-order valence-electron chi connectivity index (χ3n) is 3.52. The Labute approximate surface area is 115 Å². The first-order valence-electron chi connectivity index (χ1n) is 6.85. The number of aromatic nitrogens is 1. The van der Waals surface area contributed by atoms with Gasteiger partial charge in [-0.1, -0.05) is 25.5 Å². The molecule has 0 spiro atoms. The van der Waals surface area contributed by atoms with E-state index in [1.54, 1.807) is 0 Å². The third-order valence-corrected chi connectivity index (χ3v) is 3.52. The highest BCUT2D eigenvalue weighted by molar-refractivity contribution is 5.86. The minimum atomic E-state index is -0.856. The van der Waals surface area contributed by atoms with E-state index in [2.05, 4.69) is 39.8 Å². The van der Waals surface area contributed by atoms with Crippen LogP contribution in [0.1, 0.15) is 56.0 Å². The van der Waals surface area contributed by atoms with Crippen LogP contribution in [-0.2, 0) is 5.60 Å². The van der Waals surface area contributed by atoms with E-state index < -0.39 is 5.60 Å². The van der Waals surface area contributed by atoms with Crippen molar-refractivity contribution in [3.63, 3.8) is 0 Å². The number of rotatable bonds is 2. The lowest BCUT2D eigenvalue weighted by atomic mass is 9.90. The van der Waals surface area contributed by atoms with Crippen LogP contribution in [0, 0.1) is 13.8 Å². The summed E-state index contributed by atoms with van der Waals surface area (Å²) in [4.78, 5) is 4.78. The van der Waals surface area contributed by atoms with Gasteiger partial charge in [0.05, 0.1) is 11.1 Å². The predicted molar refractivity (Wildman–Crippen MR) is 80.6 cm³/mol. The highest BCUT2D eigenvalue weighted by atomic mass is 16.3. The highest BCUT2D eigenvalue weighted by Crippen LogP contribution is 2.32. The Morgan fingerprint density at radius 1 is 1.11 bits per heavy atom. The molecule has 0 aliphatic heterocycles. The van der Waals surface area contributed by atoms with Crippen molar-refractivity contribution in [3.8, 4) is 0 Å². The van der Waals surface area contributed by atoms with Crippen LogP contribution in [0.5, 0.6) is 0 Å². The molecule has 0 aliphatic rings. The average Bonchev–Trinajstić information content (AvgIpc) is 2.26. The van der Waals surface area contributed by atoms with Crippen molar-refractivity contribution in [2.45, 2.75) is 53.1 Å². The second kappa shape index (κ2) is 4.61. The zero-order valence-corrected chi connectivity index (χ0v) is 12.7. The van der Waals surface area contributed by atoms with Gasteiger partial charge in [0.25, 0.3) is 0 Å². The predicted octanol–water partition coefficient (Wildman–Crippen LogP) is 4.20. The van der Waals surface area contributed by atoms with Gasteiger partial charge < -0.3 is 5.11 Å². The van der Waals surface area contributed by atoms with Crippen LogP contribution < -0.4 is 0 Å². The van der Waals surface area contributed by atoms with Gasteiger partial charge in [0.1, 0.15) is 0 Å². The zero-order chi connectivity index (χ0) is 14.4. The van der Waals surface area contributed by atoms with E-state index in [-0.39, 0.29) is 0 Å². The second-order valence-corrected chi connectivity index (χ2v) is 6.29. The maximum Gasteiger partial charge on any atom is 0.0847 e. The molecule has 0 saturated heterocycles. The number of benzene rings is 1. The number of nitrogens with zero attached hydrogens (tertiary/aromatic N) is 1. The molecule has 102 valence electrons. The van der Waals surface area contributed by atoms with E-state index in [4.69, 9.17) is 4.98 Å². The third kappa shape index (κ3) is 2.64. The largest absolute Gasteiger partial charge is 0.386 e. The minimum Gasteiger partial charge on any atom is -0.386 e. The van der Waals surface area contributed by atoms with Crippen molar-refractivity contribution in [3.05, 3.63) is 40.6 Å². The number of fused-ring (bicyclic) bond motifs is 1. The Kier molecular flexibility index (Phi) is 3.40. The molecule has 2 heteroatoms. The summed E-state index contributed by atoms with van der Waals surface area (Å²) in [6, 6.07) is 6.31. The van der Waals surface area contributed by atoms with Crippen molar-refractivity contribution in [1.82, 2.24) is 4.98 Å². The fraction of sp³-hybridized carbons (Fsp3) is 0.471. The quantitative estimate of drug-likeness (QED) is 0.874. The summed E-state index contributed by atoms with van der Waals surface area (Å²) < 4.78 is 0. The number of aryl methyl sites for hydroxylation is 2. The van der Waals surface area contributed by atoms with Gasteiger partial charge in [0.2, 0.25) is 0 Å². The summed E-state index contributed by atoms with van der Waals surface area (Å²) >= 11 is 0. The first-order chi connectivity index (χ1) is 8.70. The Morgan fingerprint density at radius 2 is 1.74 bits per heavy atom. The standard InChI is InChI=1S/C17H23NO/c1-10(2)15-9-14(17(5,6)19)13-8-11(3)7-12(4)16(13)18-15/h7-10,19H,1-6H3. The summed E-state index contributed by atoms with van der Waals surface area (Å²) in [5.41, 5.74) is 4.53. The van der Waals surface area contributed by atoms with Crippen LogP contribution in [0.4, 0.5) is 0 Å². The first kappa shape index (κ1) is 14.0. The van der Waals surface area contributed by atoms with Crippen LogP contribution in [0.25, 0.3) is 10.9 Å². The monoisotopic (exact) mass is 257 g/mol. The second-order valence-electron chi connectivity index (χ2n) is 6.29. The summed E-state index contributed by atoms with van der Waals surface area (Å²) in [7, 11) is 0. The summed E-state index contributed by atoms with van der Waals surface area (Å²) in [5.74, 6) is 0.353. The number of pyridine rings is 1. The molecule has 0 amide bonds. The summed E-state index contributed by atoms with van der Waals surface area (Å²) in [5, 5.41) is 11.5. The fourth-order valence-electron chi connectivity index (χ4n) is 2.50. The molecule has 2 nitrogen and oxygen atoms in total. The normalized spacial score (nSPS) is 12.4. The van der Waals surface area contributed by atoms with Crippen LogP contribution in [0.15, 0.2) is 18.2 Å². The van der Waals surface area contributed by atoms with Crippen molar-refractivity contribution in [2.75, 3.05) is 0 Å². The Balaban J connectivity index is 2.90. The lowest BCUT2D eigenvalue weighted by molar-refractivity contribution is 0.0800. The lowest BCUT2D eigenvalue weighted by Crippen LogP contribution is -2.17. The molecule has 0 atom stereocenters. The SMILES string of the molecule is Cc1cc(C)c2nc(C(C)C)cc(C(C)(C)O)c2c1. The molecule has 0 fully saturated rings. The van der Waals surface area contributed by atoms with Crippen molar-refractivity contribution in [1.29, 1.82) is 0 Å². The van der Waals surface area contributed by atoms with E-state index in [1.165, 1.54) is 11.1 Å². The molecule has 0 saturated carbocycles. The van der Waals surface area contributed by atoms with Crippen LogP contribution in [-0.4, -0.2) is 10.1 Å². The molecule has 19 heavy (non-hydrogen) atoms. The van der Waals surface area contributed by atoms with Crippen molar-refractivity contribution >= 4 is 10.9 Å². The Hall–Kier alpha value is -1.41. The molecule has 0 aliphatic carbocycles. The van der Waals surface area contributed by atoms with Gasteiger partial charge in [-0.25, -0.2) is 0 Å². The van der Waals surface area contributed by atoms with E-state index in [1.807, 2.05) is 19.9 Å². The van der Waals surface area contributed by atoms with Gasteiger partial charge in [-0.05, 0) is 56.9 Å². The van der Waals surface area contributed by atoms with Crippen LogP contribution in [0.2, 0.25) is 0 Å². The Bertz CT molecular complexity index is 621. The molecule has 2 rings (SSSR count). The molecule has 0 unspecified atom stereocenters. The van der Waals surface area contributed by atoms with E-state index in [9.17, 15) is 5.11 Å². The van der Waals surface area contributed by atoms with E-state index in [0.29, 0.717) is 5.92 Å². The van der Waals surface area contributed by atoms with Gasteiger partial charge in [0, 0.05) is 11.1 Å². The summed E-state index contributed by atoms with van der Waals surface area (Å²) in [6.07, 6.45) is 0. The molecule has 2 aromatic rings. The average molecular weight is 257 g/mol. The fourth-order valence-corrected chi connectivity index (χ4v) is 2.50. The van der Waals surface area contributed by atoms with Crippen molar-refractivity contribution < 1.29 is 5.11 Å². The molecule has 1 heterocycles. The van der Waals surface area contributed by atoms with Gasteiger partial charge >= 0.3 is 0 Å². The zero-order valence-electron chi connectivity index (χ0n) is 12.7. The van der Waals surface area contributed by atoms with Crippen LogP contribution >= 0.6 is 0 Å². The summed E-state index contributed by atoms with van der Waals surface area (Å²) in [6.45, 7) is 12.1. The molecule has 0 bridgehead atoms. The maximum atomic E-state index is 10.4. The maximum absolute atomic E-state index is 10.4. The molecular formula is C17H23NO. The number of aliphatic hydroxyl groups is 1. The number of hydrogen-bond donors (Lipinski definition) is 1. The van der Waals surface area contributed by atoms with Gasteiger partial charge in [-0.15, -0.1) is 0 Å². The van der Waals surface area contributed by atoms with Gasteiger partial charge in [-0.3, -0.25) is 4.98 Å². The number of hydrogen-bond acceptors (Lipinski definition) is 2.